The molecule has 0 atom stereocenters. The Morgan fingerprint density at radius 2 is 1.90 bits per heavy atom. The zero-order valence-corrected chi connectivity index (χ0v) is 13.5. The summed E-state index contributed by atoms with van der Waals surface area (Å²) in [5, 5.41) is 9.67. The summed E-state index contributed by atoms with van der Waals surface area (Å²) < 4.78 is 14.0. The first-order valence-corrected chi connectivity index (χ1v) is 7.71. The van der Waals surface area contributed by atoms with Crippen molar-refractivity contribution in [2.75, 3.05) is 0 Å². The molecule has 1 N–H and O–H groups in total. The first-order chi connectivity index (χ1) is 9.26. The number of carboxylic acids is 1. The van der Waals surface area contributed by atoms with Gasteiger partial charge < -0.3 is 5.11 Å². The molecule has 4 heteroatoms. The summed E-state index contributed by atoms with van der Waals surface area (Å²) in [6.07, 6.45) is 3.48. The fourth-order valence-corrected chi connectivity index (χ4v) is 3.33. The summed E-state index contributed by atoms with van der Waals surface area (Å²) in [5.74, 6) is -1.09. The number of benzene rings is 1. The van der Waals surface area contributed by atoms with E-state index in [-0.39, 0.29) is 11.2 Å². The summed E-state index contributed by atoms with van der Waals surface area (Å²) in [6.45, 7) is 4.35. The zero-order chi connectivity index (χ0) is 15.0. The Kier molecular flexibility index (Phi) is 4.24. The number of aliphatic carboxylic acids is 1. The van der Waals surface area contributed by atoms with Crippen molar-refractivity contribution in [1.82, 2.24) is 0 Å². The van der Waals surface area contributed by atoms with Crippen LogP contribution in [-0.4, -0.2) is 11.1 Å². The van der Waals surface area contributed by atoms with Crippen LogP contribution in [0.25, 0.3) is 0 Å². The van der Waals surface area contributed by atoms with Crippen LogP contribution in [-0.2, 0) is 11.2 Å². The van der Waals surface area contributed by atoms with E-state index in [1.807, 2.05) is 0 Å². The van der Waals surface area contributed by atoms with Gasteiger partial charge in [-0.2, -0.15) is 0 Å². The molecule has 0 unspecified atom stereocenters. The number of halogens is 2. The van der Waals surface area contributed by atoms with Crippen molar-refractivity contribution in [1.29, 1.82) is 0 Å². The molecule has 1 aromatic rings. The average molecular weight is 343 g/mol. The highest BCUT2D eigenvalue weighted by Crippen LogP contribution is 2.47. The zero-order valence-electron chi connectivity index (χ0n) is 11.9. The van der Waals surface area contributed by atoms with Crippen LogP contribution in [0, 0.1) is 16.6 Å². The van der Waals surface area contributed by atoms with Crippen LogP contribution in [0.2, 0.25) is 0 Å². The Labute approximate surface area is 127 Å². The van der Waals surface area contributed by atoms with Crippen LogP contribution in [0.5, 0.6) is 0 Å². The predicted molar refractivity (Wildman–Crippen MR) is 80.1 cm³/mol. The molecule has 1 aliphatic rings. The van der Waals surface area contributed by atoms with Crippen LogP contribution in [0.1, 0.15) is 45.1 Å². The molecule has 2 nitrogen and oxygen atoms in total. The molecule has 0 saturated heterocycles. The van der Waals surface area contributed by atoms with Gasteiger partial charge in [-0.25, -0.2) is 4.39 Å². The largest absolute Gasteiger partial charge is 0.481 e. The molecule has 0 aliphatic heterocycles. The molecule has 20 heavy (non-hydrogen) atoms. The van der Waals surface area contributed by atoms with E-state index in [0.29, 0.717) is 23.7 Å². The van der Waals surface area contributed by atoms with Gasteiger partial charge in [-0.3, -0.25) is 4.79 Å². The molecule has 0 heterocycles. The standard InChI is InChI=1S/C16H20BrFO2/c1-15(2)6-8-16(9-7-15,14(19)20)10-11-4-3-5-12(18)13(11)17/h3-5H,6-10H2,1-2H3,(H,19,20). The molecular weight excluding hydrogens is 323 g/mol. The fourth-order valence-electron chi connectivity index (χ4n) is 2.92. The van der Waals surface area contributed by atoms with Crippen molar-refractivity contribution >= 4 is 21.9 Å². The summed E-state index contributed by atoms with van der Waals surface area (Å²) in [7, 11) is 0. The quantitative estimate of drug-likeness (QED) is 0.856. The summed E-state index contributed by atoms with van der Waals surface area (Å²) in [4.78, 5) is 11.8. The third kappa shape index (κ3) is 3.05. The Hall–Kier alpha value is -0.900. The van der Waals surface area contributed by atoms with Crippen molar-refractivity contribution in [2.45, 2.75) is 46.0 Å². The molecular formula is C16H20BrFO2. The predicted octanol–water partition coefficient (Wildman–Crippen LogP) is 4.80. The highest BCUT2D eigenvalue weighted by molar-refractivity contribution is 9.10. The molecule has 1 saturated carbocycles. The van der Waals surface area contributed by atoms with Gasteiger partial charge in [0.15, 0.2) is 0 Å². The van der Waals surface area contributed by atoms with E-state index in [2.05, 4.69) is 29.8 Å². The minimum absolute atomic E-state index is 0.206. The van der Waals surface area contributed by atoms with E-state index in [1.54, 1.807) is 12.1 Å². The van der Waals surface area contributed by atoms with E-state index in [9.17, 15) is 14.3 Å². The van der Waals surface area contributed by atoms with E-state index in [1.165, 1.54) is 6.07 Å². The maximum atomic E-state index is 13.6. The molecule has 1 aliphatic carbocycles. The molecule has 2 rings (SSSR count). The first kappa shape index (κ1) is 15.5. The molecule has 0 aromatic heterocycles. The highest BCUT2D eigenvalue weighted by Gasteiger charge is 2.44. The van der Waals surface area contributed by atoms with Crippen LogP contribution in [0.15, 0.2) is 22.7 Å². The Morgan fingerprint density at radius 3 is 2.45 bits per heavy atom. The normalized spacial score (nSPS) is 20.6. The lowest BCUT2D eigenvalue weighted by molar-refractivity contribution is -0.152. The Balaban J connectivity index is 2.27. The molecule has 0 radical (unpaired) electrons. The second kappa shape index (κ2) is 5.47. The fraction of sp³-hybridized carbons (Fsp3) is 0.562. The topological polar surface area (TPSA) is 37.3 Å². The molecule has 1 aromatic carbocycles. The number of rotatable bonds is 3. The van der Waals surface area contributed by atoms with Crippen molar-refractivity contribution in [3.8, 4) is 0 Å². The van der Waals surface area contributed by atoms with E-state index in [4.69, 9.17) is 0 Å². The number of carbonyl (C=O) groups is 1. The van der Waals surface area contributed by atoms with Crippen LogP contribution in [0.4, 0.5) is 4.39 Å². The van der Waals surface area contributed by atoms with Crippen molar-refractivity contribution in [2.24, 2.45) is 10.8 Å². The number of carboxylic acid groups (broad SMARTS) is 1. The second-order valence-corrected chi connectivity index (χ2v) is 7.43. The third-order valence-corrected chi connectivity index (χ3v) is 5.46. The van der Waals surface area contributed by atoms with E-state index >= 15 is 0 Å². The number of hydrogen-bond acceptors (Lipinski definition) is 1. The lowest BCUT2D eigenvalue weighted by atomic mass is 9.63. The van der Waals surface area contributed by atoms with Gasteiger partial charge in [-0.05, 0) is 65.1 Å². The lowest BCUT2D eigenvalue weighted by Crippen LogP contribution is -2.39. The van der Waals surface area contributed by atoms with Crippen molar-refractivity contribution in [3.63, 3.8) is 0 Å². The summed E-state index contributed by atoms with van der Waals surface area (Å²) in [5.41, 5.74) is 0.191. The lowest BCUT2D eigenvalue weighted by Gasteiger charge is -2.41. The van der Waals surface area contributed by atoms with Gasteiger partial charge in [0, 0.05) is 0 Å². The second-order valence-electron chi connectivity index (χ2n) is 6.64. The van der Waals surface area contributed by atoms with Crippen LogP contribution >= 0.6 is 15.9 Å². The van der Waals surface area contributed by atoms with Gasteiger partial charge >= 0.3 is 5.97 Å². The Bertz CT molecular complexity index is 515. The molecule has 0 spiro atoms. The van der Waals surface area contributed by atoms with Crippen LogP contribution < -0.4 is 0 Å². The van der Waals surface area contributed by atoms with Crippen molar-refractivity contribution < 1.29 is 14.3 Å². The van der Waals surface area contributed by atoms with E-state index < -0.39 is 11.4 Å². The molecule has 0 amide bonds. The SMILES string of the molecule is CC1(C)CCC(Cc2cccc(F)c2Br)(C(=O)O)CC1. The van der Waals surface area contributed by atoms with Gasteiger partial charge in [-0.15, -0.1) is 0 Å². The van der Waals surface area contributed by atoms with E-state index in [0.717, 1.165) is 18.4 Å². The number of hydrogen-bond donors (Lipinski definition) is 1. The molecule has 0 bridgehead atoms. The summed E-state index contributed by atoms with van der Waals surface area (Å²) in [6, 6.07) is 4.82. The van der Waals surface area contributed by atoms with Gasteiger partial charge in [0.2, 0.25) is 0 Å². The van der Waals surface area contributed by atoms with Gasteiger partial charge in [0.1, 0.15) is 5.82 Å². The Morgan fingerprint density at radius 1 is 1.30 bits per heavy atom. The molecule has 1 fully saturated rings. The summed E-state index contributed by atoms with van der Waals surface area (Å²) >= 11 is 3.23. The highest BCUT2D eigenvalue weighted by atomic mass is 79.9. The van der Waals surface area contributed by atoms with Gasteiger partial charge in [0.25, 0.3) is 0 Å². The van der Waals surface area contributed by atoms with Gasteiger partial charge in [-0.1, -0.05) is 26.0 Å². The average Bonchev–Trinajstić information content (AvgIpc) is 2.37. The maximum absolute atomic E-state index is 13.6. The first-order valence-electron chi connectivity index (χ1n) is 6.92. The molecule has 110 valence electrons. The third-order valence-electron chi connectivity index (χ3n) is 4.57. The smallest absolute Gasteiger partial charge is 0.309 e. The maximum Gasteiger partial charge on any atom is 0.309 e. The minimum Gasteiger partial charge on any atom is -0.481 e. The van der Waals surface area contributed by atoms with Crippen LogP contribution in [0.3, 0.4) is 0 Å². The monoisotopic (exact) mass is 342 g/mol. The van der Waals surface area contributed by atoms with Gasteiger partial charge in [0.05, 0.1) is 9.89 Å². The van der Waals surface area contributed by atoms with Crippen molar-refractivity contribution in [3.05, 3.63) is 34.1 Å². The minimum atomic E-state index is -0.760.